The van der Waals surface area contributed by atoms with Crippen molar-refractivity contribution in [3.8, 4) is 0 Å². The predicted molar refractivity (Wildman–Crippen MR) is 114 cm³/mol. The first-order valence-electron chi connectivity index (χ1n) is 10.0. The molecule has 2 N–H and O–H groups in total. The van der Waals surface area contributed by atoms with Crippen LogP contribution in [0, 0.1) is 0 Å². The Hall–Kier alpha value is -1.20. The summed E-state index contributed by atoms with van der Waals surface area (Å²) in [6.45, 7) is 5.51. The highest BCUT2D eigenvalue weighted by Crippen LogP contribution is 2.27. The topological polar surface area (TPSA) is 45.7 Å². The number of thioether (sulfide) groups is 1. The lowest BCUT2D eigenvalue weighted by Gasteiger charge is -2.17. The Kier molecular flexibility index (Phi) is 10.6. The maximum Gasteiger partial charge on any atom is 0.191 e. The summed E-state index contributed by atoms with van der Waals surface area (Å²) in [5.41, 5.74) is 1.34. The van der Waals surface area contributed by atoms with Crippen LogP contribution >= 0.6 is 11.8 Å². The third-order valence-corrected chi connectivity index (χ3v) is 5.84. The van der Waals surface area contributed by atoms with Gasteiger partial charge in [0.2, 0.25) is 0 Å². The minimum absolute atomic E-state index is 0.576. The molecule has 26 heavy (non-hydrogen) atoms. The molecule has 0 aromatic heterocycles. The molecule has 1 fully saturated rings. The highest BCUT2D eigenvalue weighted by Gasteiger charge is 2.24. The second-order valence-corrected chi connectivity index (χ2v) is 7.97. The molecule has 0 radical (unpaired) electrons. The molecule has 1 aliphatic rings. The number of nitrogens with zero attached hydrogens (tertiary/aromatic N) is 1. The molecular formula is C21H35N3OS. The second kappa shape index (κ2) is 13.0. The lowest BCUT2D eigenvalue weighted by atomic mass is 10.2. The molecule has 2 atom stereocenters. The van der Waals surface area contributed by atoms with Gasteiger partial charge in [-0.15, -0.1) is 0 Å². The number of benzene rings is 1. The van der Waals surface area contributed by atoms with Gasteiger partial charge in [-0.25, -0.2) is 0 Å². The minimum Gasteiger partial charge on any atom is -0.381 e. The van der Waals surface area contributed by atoms with Crippen LogP contribution in [0.3, 0.4) is 0 Å². The zero-order valence-electron chi connectivity index (χ0n) is 16.4. The third kappa shape index (κ3) is 8.45. The smallest absolute Gasteiger partial charge is 0.191 e. The Morgan fingerprint density at radius 3 is 2.77 bits per heavy atom. The molecule has 2 rings (SSSR count). The molecule has 0 bridgehead atoms. The summed E-state index contributed by atoms with van der Waals surface area (Å²) in [5.74, 6) is 0.976. The molecule has 0 spiro atoms. The fourth-order valence-electron chi connectivity index (χ4n) is 3.24. The predicted octanol–water partition coefficient (Wildman–Crippen LogP) is 3.87. The van der Waals surface area contributed by atoms with E-state index in [4.69, 9.17) is 9.73 Å². The van der Waals surface area contributed by atoms with Crippen LogP contribution in [0.4, 0.5) is 0 Å². The first kappa shape index (κ1) is 21.1. The fraction of sp³-hybridized carbons (Fsp3) is 0.667. The van der Waals surface area contributed by atoms with Crippen molar-refractivity contribution in [2.24, 2.45) is 4.99 Å². The summed E-state index contributed by atoms with van der Waals surface area (Å²) >= 11 is 1.99. The van der Waals surface area contributed by atoms with Crippen molar-refractivity contribution in [1.29, 1.82) is 0 Å². The van der Waals surface area contributed by atoms with Gasteiger partial charge in [-0.2, -0.15) is 11.8 Å². The molecule has 0 amide bonds. The molecule has 4 nitrogen and oxygen atoms in total. The van der Waals surface area contributed by atoms with Crippen molar-refractivity contribution in [2.45, 2.75) is 56.7 Å². The van der Waals surface area contributed by atoms with Gasteiger partial charge < -0.3 is 15.4 Å². The van der Waals surface area contributed by atoms with Crippen molar-refractivity contribution < 1.29 is 4.74 Å². The molecular weight excluding hydrogens is 342 g/mol. The van der Waals surface area contributed by atoms with E-state index in [1.54, 1.807) is 0 Å². The Morgan fingerprint density at radius 2 is 2.04 bits per heavy atom. The van der Waals surface area contributed by atoms with Crippen molar-refractivity contribution >= 4 is 17.7 Å². The van der Waals surface area contributed by atoms with E-state index in [2.05, 4.69) is 54.1 Å². The maximum absolute atomic E-state index is 5.74. The normalized spacial score (nSPS) is 20.3. The molecule has 146 valence electrons. The number of nitrogens with one attached hydrogen (secondary N) is 2. The maximum atomic E-state index is 5.74. The third-order valence-electron chi connectivity index (χ3n) is 4.75. The van der Waals surface area contributed by atoms with Crippen molar-refractivity contribution in [2.75, 3.05) is 32.6 Å². The standard InChI is InChI=1S/C21H35N3OS/c1-3-22-21(24-19-11-12-20(17-19)26-2)23-14-7-8-15-25-16-13-18-9-5-4-6-10-18/h4-6,9-10,19-20H,3,7-8,11-17H2,1-2H3,(H2,22,23,24). The molecule has 0 aliphatic heterocycles. The van der Waals surface area contributed by atoms with Gasteiger partial charge in [0.25, 0.3) is 0 Å². The number of aliphatic imine (C=N–C) groups is 1. The van der Waals surface area contributed by atoms with Crippen molar-refractivity contribution in [1.82, 2.24) is 10.6 Å². The zero-order chi connectivity index (χ0) is 18.5. The molecule has 1 aromatic carbocycles. The van der Waals surface area contributed by atoms with Gasteiger partial charge in [-0.05, 0) is 57.3 Å². The average Bonchev–Trinajstić information content (AvgIpc) is 3.12. The lowest BCUT2D eigenvalue weighted by molar-refractivity contribution is 0.134. The number of hydrogen-bond acceptors (Lipinski definition) is 3. The van der Waals surface area contributed by atoms with Crippen LogP contribution in [0.1, 0.15) is 44.6 Å². The van der Waals surface area contributed by atoms with Gasteiger partial charge in [0.15, 0.2) is 5.96 Å². The quantitative estimate of drug-likeness (QED) is 0.349. The summed E-state index contributed by atoms with van der Waals surface area (Å²) < 4.78 is 5.74. The largest absolute Gasteiger partial charge is 0.381 e. The van der Waals surface area contributed by atoms with E-state index in [1.807, 2.05) is 11.8 Å². The van der Waals surface area contributed by atoms with Crippen molar-refractivity contribution in [3.63, 3.8) is 0 Å². The van der Waals surface area contributed by atoms with Crippen LogP contribution in [0.5, 0.6) is 0 Å². The van der Waals surface area contributed by atoms with Crippen LogP contribution in [-0.4, -0.2) is 49.8 Å². The monoisotopic (exact) mass is 377 g/mol. The molecule has 1 saturated carbocycles. The highest BCUT2D eigenvalue weighted by molar-refractivity contribution is 7.99. The number of hydrogen-bond donors (Lipinski definition) is 2. The summed E-state index contributed by atoms with van der Waals surface area (Å²) in [6.07, 6.45) is 9.17. The summed E-state index contributed by atoms with van der Waals surface area (Å²) in [5, 5.41) is 7.79. The zero-order valence-corrected chi connectivity index (χ0v) is 17.2. The van der Waals surface area contributed by atoms with Crippen LogP contribution in [0.25, 0.3) is 0 Å². The van der Waals surface area contributed by atoms with E-state index in [-0.39, 0.29) is 0 Å². The first-order valence-corrected chi connectivity index (χ1v) is 11.3. The van der Waals surface area contributed by atoms with E-state index in [1.165, 1.54) is 24.8 Å². The Bertz CT molecular complexity index is 509. The first-order chi connectivity index (χ1) is 12.8. The van der Waals surface area contributed by atoms with Gasteiger partial charge in [0, 0.05) is 31.0 Å². The summed E-state index contributed by atoms with van der Waals surface area (Å²) in [6, 6.07) is 11.1. The number of unbranched alkanes of at least 4 members (excludes halogenated alkanes) is 1. The van der Waals surface area contributed by atoms with Crippen LogP contribution in [-0.2, 0) is 11.2 Å². The van der Waals surface area contributed by atoms with E-state index in [9.17, 15) is 0 Å². The minimum atomic E-state index is 0.576. The molecule has 1 aliphatic carbocycles. The molecule has 0 heterocycles. The van der Waals surface area contributed by atoms with Gasteiger partial charge in [-0.1, -0.05) is 30.3 Å². The SMILES string of the molecule is CCNC(=NCCCCOCCc1ccccc1)NC1CCC(SC)C1. The Labute approximate surface area is 163 Å². The van der Waals surface area contributed by atoms with E-state index < -0.39 is 0 Å². The van der Waals surface area contributed by atoms with Crippen LogP contribution in [0.2, 0.25) is 0 Å². The number of guanidine groups is 1. The molecule has 5 heteroatoms. The Balaban J connectivity index is 1.55. The van der Waals surface area contributed by atoms with E-state index >= 15 is 0 Å². The molecule has 0 saturated heterocycles. The van der Waals surface area contributed by atoms with Crippen molar-refractivity contribution in [3.05, 3.63) is 35.9 Å². The summed E-state index contributed by atoms with van der Waals surface area (Å²) in [7, 11) is 0. The fourth-order valence-corrected chi connectivity index (χ4v) is 4.04. The van der Waals surface area contributed by atoms with E-state index in [0.717, 1.165) is 56.8 Å². The van der Waals surface area contributed by atoms with Crippen LogP contribution in [0.15, 0.2) is 35.3 Å². The van der Waals surface area contributed by atoms with Gasteiger partial charge in [-0.3, -0.25) is 4.99 Å². The number of ether oxygens (including phenoxy) is 1. The Morgan fingerprint density at radius 1 is 1.19 bits per heavy atom. The van der Waals surface area contributed by atoms with Gasteiger partial charge in [0.1, 0.15) is 0 Å². The van der Waals surface area contributed by atoms with E-state index in [0.29, 0.717) is 6.04 Å². The molecule has 2 unspecified atom stereocenters. The van der Waals surface area contributed by atoms with Crippen LogP contribution < -0.4 is 10.6 Å². The molecule has 1 aromatic rings. The highest BCUT2D eigenvalue weighted by atomic mass is 32.2. The van der Waals surface area contributed by atoms with Gasteiger partial charge in [0.05, 0.1) is 6.61 Å². The van der Waals surface area contributed by atoms with Gasteiger partial charge >= 0.3 is 0 Å². The number of rotatable bonds is 11. The lowest BCUT2D eigenvalue weighted by Crippen LogP contribution is -2.42. The average molecular weight is 378 g/mol. The second-order valence-electron chi connectivity index (χ2n) is 6.83. The summed E-state index contributed by atoms with van der Waals surface area (Å²) in [4.78, 5) is 4.73.